The predicted molar refractivity (Wildman–Crippen MR) is 240 cm³/mol. The predicted octanol–water partition coefficient (Wildman–Crippen LogP) is 5.65. The fourth-order valence-corrected chi connectivity index (χ4v) is 8.70. The Kier molecular flexibility index (Phi) is 12.5. The van der Waals surface area contributed by atoms with Gasteiger partial charge in [0.05, 0.1) is 49.3 Å². The molecular formula is C46H53N11O8. The van der Waals surface area contributed by atoms with Gasteiger partial charge in [0.1, 0.15) is 34.8 Å². The molecule has 0 spiro atoms. The second-order valence-corrected chi connectivity index (χ2v) is 16.6. The molecule has 4 aromatic heterocycles. The van der Waals surface area contributed by atoms with E-state index in [9.17, 15) is 19.2 Å². The minimum absolute atomic E-state index is 0.00600. The maximum Gasteiger partial charge on any atom is 0.289 e. The Morgan fingerprint density at radius 1 is 0.985 bits per heavy atom. The van der Waals surface area contributed by atoms with E-state index in [1.807, 2.05) is 49.7 Å². The highest BCUT2D eigenvalue weighted by atomic mass is 16.5. The average molecular weight is 888 g/mol. The van der Waals surface area contributed by atoms with E-state index in [0.717, 1.165) is 63.3 Å². The molecule has 0 radical (unpaired) electrons. The molecule has 19 heteroatoms. The molecule has 1 saturated heterocycles. The van der Waals surface area contributed by atoms with Gasteiger partial charge >= 0.3 is 0 Å². The van der Waals surface area contributed by atoms with Gasteiger partial charge in [-0.3, -0.25) is 24.5 Å². The van der Waals surface area contributed by atoms with Crippen molar-refractivity contribution < 1.29 is 37.9 Å². The van der Waals surface area contributed by atoms with Crippen LogP contribution in [-0.2, 0) is 32.2 Å². The Hall–Kier alpha value is -6.86. The van der Waals surface area contributed by atoms with Crippen molar-refractivity contribution in [2.45, 2.75) is 84.3 Å². The molecule has 2 aliphatic heterocycles. The monoisotopic (exact) mass is 887 g/mol. The fraction of sp³-hybridized carbons (Fsp3) is 0.435. The highest BCUT2D eigenvalue weighted by Gasteiger charge is 2.39. The van der Waals surface area contributed by atoms with Gasteiger partial charge in [-0.1, -0.05) is 11.2 Å². The van der Waals surface area contributed by atoms with Gasteiger partial charge in [0.2, 0.25) is 17.6 Å². The second-order valence-electron chi connectivity index (χ2n) is 16.6. The number of nitrogens with one attached hydrogen (secondary N) is 5. The fourth-order valence-electron chi connectivity index (χ4n) is 8.70. The summed E-state index contributed by atoms with van der Waals surface area (Å²) in [5.41, 5.74) is 6.89. The number of aromatic nitrogens is 6. The van der Waals surface area contributed by atoms with E-state index in [4.69, 9.17) is 33.8 Å². The number of amides is 4. The molecule has 1 atom stereocenters. The van der Waals surface area contributed by atoms with E-state index in [-0.39, 0.29) is 24.1 Å². The van der Waals surface area contributed by atoms with E-state index in [1.165, 1.54) is 0 Å². The molecular weight excluding hydrogens is 835 g/mol. The van der Waals surface area contributed by atoms with Crippen molar-refractivity contribution in [3.05, 3.63) is 70.5 Å². The number of H-pyrrole nitrogens is 1. The molecule has 6 heterocycles. The van der Waals surface area contributed by atoms with Crippen molar-refractivity contribution in [3.63, 3.8) is 0 Å². The van der Waals surface area contributed by atoms with E-state index < -0.39 is 17.9 Å². The number of imide groups is 1. The lowest BCUT2D eigenvalue weighted by atomic mass is 10.0. The largest absolute Gasteiger partial charge is 0.496 e. The lowest BCUT2D eigenvalue weighted by Crippen LogP contribution is -2.46. The number of ether oxygens (including phenoxy) is 3. The summed E-state index contributed by atoms with van der Waals surface area (Å²) in [7, 11) is 1.63. The van der Waals surface area contributed by atoms with Gasteiger partial charge in [-0.15, -0.1) is 0 Å². The Morgan fingerprint density at radius 3 is 2.58 bits per heavy atom. The van der Waals surface area contributed by atoms with Crippen LogP contribution in [0.5, 0.6) is 5.75 Å². The molecule has 6 aromatic rings. The minimum atomic E-state index is -0.676. The number of fused-ring (bicyclic) bond motifs is 4. The van der Waals surface area contributed by atoms with Gasteiger partial charge in [-0.05, 0) is 77.1 Å². The zero-order valence-electron chi connectivity index (χ0n) is 37.0. The summed E-state index contributed by atoms with van der Waals surface area (Å²) in [6, 6.07) is 10.8. The molecule has 2 aromatic carbocycles. The number of carbonyl (C=O) groups excluding carboxylic acids is 4. The van der Waals surface area contributed by atoms with Crippen LogP contribution in [0.3, 0.4) is 0 Å². The van der Waals surface area contributed by atoms with Crippen molar-refractivity contribution in [1.82, 2.24) is 45.4 Å². The third-order valence-corrected chi connectivity index (χ3v) is 12.1. The second kappa shape index (κ2) is 18.7. The molecule has 1 aliphatic carbocycles. The number of aromatic amines is 1. The van der Waals surface area contributed by atoms with Crippen LogP contribution in [0.25, 0.3) is 33.1 Å². The van der Waals surface area contributed by atoms with Crippen molar-refractivity contribution in [3.8, 4) is 16.9 Å². The third-order valence-electron chi connectivity index (χ3n) is 12.1. The SMILES string of the molecule is CCn1nc(C2CC2)cc1Nc1nc(C(=O)NCCCOCCOCCNc2cccc3c2CN(C2CCCC(=O)NC2=O)C3=O)nc2[nH]c3cc(-c4c(C)noc4C)c(OC)cc3c12. The Morgan fingerprint density at radius 2 is 1.82 bits per heavy atom. The number of benzene rings is 2. The molecule has 65 heavy (non-hydrogen) atoms. The summed E-state index contributed by atoms with van der Waals surface area (Å²) >= 11 is 0. The summed E-state index contributed by atoms with van der Waals surface area (Å²) in [4.78, 5) is 65.8. The van der Waals surface area contributed by atoms with Gasteiger partial charge in [0.25, 0.3) is 11.8 Å². The number of rotatable bonds is 19. The number of methoxy groups -OCH3 is 1. The molecule has 9 rings (SSSR count). The lowest BCUT2D eigenvalue weighted by molar-refractivity contribution is -0.132. The standard InChI is InChI=1S/C46H53N11O8/c1-5-57-37(23-33(54-57)27-13-14-27)50-42-40-29-22-36(62-4)30(39-25(2)55-65-26(39)3)21-34(29)49-41(40)52-43(53-42)45(60)48-15-8-17-63-19-20-64-18-16-47-32-10-6-9-28-31(32)24-56(46(28)61)35-11-7-12-38(58)51-44(35)59/h6,9-10,21-23,27,35,47H,5,7-8,11-20,24H2,1-4H3,(H,48,60)(H,51,58,59)(H2,49,50,52,53). The van der Waals surface area contributed by atoms with E-state index in [0.29, 0.717) is 112 Å². The first-order valence-corrected chi connectivity index (χ1v) is 22.2. The van der Waals surface area contributed by atoms with Crippen LogP contribution in [0.15, 0.2) is 40.9 Å². The molecule has 1 saturated carbocycles. The van der Waals surface area contributed by atoms with Crippen molar-refractivity contribution >= 4 is 62.9 Å². The zero-order chi connectivity index (χ0) is 45.2. The first-order chi connectivity index (χ1) is 31.6. The summed E-state index contributed by atoms with van der Waals surface area (Å²) in [5.74, 6) is 1.64. The maximum atomic E-state index is 13.6. The van der Waals surface area contributed by atoms with E-state index >= 15 is 0 Å². The Balaban J connectivity index is 0.783. The molecule has 340 valence electrons. The molecule has 19 nitrogen and oxygen atoms in total. The van der Waals surface area contributed by atoms with Crippen molar-refractivity contribution in [2.75, 3.05) is 57.3 Å². The van der Waals surface area contributed by atoms with Crippen molar-refractivity contribution in [1.29, 1.82) is 0 Å². The summed E-state index contributed by atoms with van der Waals surface area (Å²) in [5, 5.41) is 22.7. The van der Waals surface area contributed by atoms with Gasteiger partial charge < -0.3 is 44.6 Å². The highest BCUT2D eigenvalue weighted by Crippen LogP contribution is 2.43. The maximum absolute atomic E-state index is 13.6. The van der Waals surface area contributed by atoms with Crippen LogP contribution >= 0.6 is 0 Å². The van der Waals surface area contributed by atoms with Gasteiger partial charge in [0.15, 0.2) is 0 Å². The van der Waals surface area contributed by atoms with E-state index in [1.54, 1.807) is 18.1 Å². The van der Waals surface area contributed by atoms with Crippen molar-refractivity contribution in [2.24, 2.45) is 0 Å². The number of anilines is 3. The zero-order valence-corrected chi connectivity index (χ0v) is 37.0. The van der Waals surface area contributed by atoms with Crippen LogP contribution in [0.4, 0.5) is 17.3 Å². The highest BCUT2D eigenvalue weighted by molar-refractivity contribution is 6.14. The molecule has 5 N–H and O–H groups in total. The first kappa shape index (κ1) is 43.4. The minimum Gasteiger partial charge on any atom is -0.496 e. The molecule has 0 bridgehead atoms. The summed E-state index contributed by atoms with van der Waals surface area (Å²) in [6.07, 6.45) is 4.06. The number of carbonyl (C=O) groups is 4. The van der Waals surface area contributed by atoms with Crippen LogP contribution in [0.1, 0.15) is 95.1 Å². The molecule has 3 aliphatic rings. The Bertz CT molecular complexity index is 2770. The first-order valence-electron chi connectivity index (χ1n) is 22.2. The van der Waals surface area contributed by atoms with Crippen LogP contribution in [0, 0.1) is 13.8 Å². The molecule has 2 fully saturated rings. The summed E-state index contributed by atoms with van der Waals surface area (Å²) in [6.45, 7) is 9.15. The van der Waals surface area contributed by atoms with Gasteiger partial charge in [-0.2, -0.15) is 5.10 Å². The summed E-state index contributed by atoms with van der Waals surface area (Å²) < 4.78 is 24.8. The Labute approximate surface area is 374 Å². The van der Waals surface area contributed by atoms with Gasteiger partial charge in [0, 0.05) is 84.5 Å². The quantitative estimate of drug-likeness (QED) is 0.0489. The normalized spacial score (nSPS) is 16.3. The third kappa shape index (κ3) is 8.97. The molecule has 4 amide bonds. The van der Waals surface area contributed by atoms with Gasteiger partial charge in [-0.25, -0.2) is 14.6 Å². The smallest absolute Gasteiger partial charge is 0.289 e. The number of aryl methyl sites for hydroxylation is 3. The average Bonchev–Trinajstić information content (AvgIpc) is 3.75. The van der Waals surface area contributed by atoms with E-state index in [2.05, 4.69) is 37.5 Å². The number of hydrogen-bond donors (Lipinski definition) is 5. The molecule has 1 unspecified atom stereocenters. The number of nitrogens with zero attached hydrogens (tertiary/aromatic N) is 6. The topological polar surface area (TPSA) is 233 Å². The van der Waals surface area contributed by atoms with Crippen LogP contribution < -0.4 is 26.0 Å². The van der Waals surface area contributed by atoms with Crippen LogP contribution in [0.2, 0.25) is 0 Å². The van der Waals surface area contributed by atoms with Crippen LogP contribution in [-0.4, -0.2) is 111 Å². The number of hydrogen-bond acceptors (Lipinski definition) is 14. The lowest BCUT2D eigenvalue weighted by Gasteiger charge is -2.24.